The first-order valence-electron chi connectivity index (χ1n) is 18.9. The molecule has 0 radical (unpaired) electrons. The van der Waals surface area contributed by atoms with Gasteiger partial charge in [-0.2, -0.15) is 0 Å². The van der Waals surface area contributed by atoms with Crippen molar-refractivity contribution in [2.75, 3.05) is 0 Å². The van der Waals surface area contributed by atoms with E-state index in [4.69, 9.17) is 10.2 Å². The fourth-order valence-corrected chi connectivity index (χ4v) is 4.72. The van der Waals surface area contributed by atoms with E-state index < -0.39 is 11.9 Å². The molecule has 4 nitrogen and oxygen atoms in total. The summed E-state index contributed by atoms with van der Waals surface area (Å²) in [6.45, 7) is 4.50. The molecule has 0 aliphatic heterocycles. The molecule has 0 spiro atoms. The zero-order valence-electron chi connectivity index (χ0n) is 30.0. The van der Waals surface area contributed by atoms with Gasteiger partial charge in [-0.25, -0.2) is 0 Å². The summed E-state index contributed by atoms with van der Waals surface area (Å²) in [4.78, 5) is 20.7. The first-order valence-corrected chi connectivity index (χ1v) is 18.9. The fraction of sp³-hybridized carbons (Fsp3) is 0.667. The Bertz CT molecular complexity index is 816. The van der Waals surface area contributed by atoms with Crippen LogP contribution in [0.5, 0.6) is 0 Å². The van der Waals surface area contributed by atoms with Gasteiger partial charge < -0.3 is 10.2 Å². The van der Waals surface area contributed by atoms with Gasteiger partial charge in [0.25, 0.3) is 0 Å². The van der Waals surface area contributed by atoms with Gasteiger partial charge in [0.1, 0.15) is 0 Å². The Kier molecular flexibility index (Phi) is 41.9. The highest BCUT2D eigenvalue weighted by Gasteiger charge is 1.96. The maximum atomic E-state index is 10.4. The van der Waals surface area contributed by atoms with Crippen LogP contribution in [0.1, 0.15) is 181 Å². The van der Waals surface area contributed by atoms with E-state index in [1.165, 1.54) is 77.0 Å². The molecule has 0 aromatic rings. The van der Waals surface area contributed by atoms with Crippen molar-refractivity contribution in [2.45, 2.75) is 181 Å². The second-order valence-electron chi connectivity index (χ2n) is 12.2. The molecule has 0 heterocycles. The van der Waals surface area contributed by atoms with Crippen LogP contribution in [0.2, 0.25) is 0 Å². The average molecular weight is 641 g/mol. The molecule has 2 N–H and O–H groups in total. The predicted molar refractivity (Wildman–Crippen MR) is 202 cm³/mol. The van der Waals surface area contributed by atoms with Crippen LogP contribution in [0.15, 0.2) is 72.9 Å². The van der Waals surface area contributed by atoms with E-state index in [1.807, 2.05) is 0 Å². The summed E-state index contributed by atoms with van der Waals surface area (Å²) in [6, 6.07) is 0. The lowest BCUT2D eigenvalue weighted by molar-refractivity contribution is -0.138. The van der Waals surface area contributed by atoms with Crippen LogP contribution in [0, 0.1) is 0 Å². The number of hydrogen-bond donors (Lipinski definition) is 2. The minimum absolute atomic E-state index is 0.304. The number of hydrogen-bond acceptors (Lipinski definition) is 2. The molecule has 0 fully saturated rings. The highest BCUT2D eigenvalue weighted by molar-refractivity contribution is 5.66. The molecule has 4 heteroatoms. The maximum absolute atomic E-state index is 10.4. The Morgan fingerprint density at radius 2 is 0.587 bits per heavy atom. The molecular weight excluding hydrogens is 568 g/mol. The van der Waals surface area contributed by atoms with Crippen LogP contribution in [0.4, 0.5) is 0 Å². The van der Waals surface area contributed by atoms with Gasteiger partial charge in [0.2, 0.25) is 0 Å². The number of allylic oxidation sites excluding steroid dienone is 12. The Balaban J connectivity index is 0. The molecule has 0 aromatic heterocycles. The normalized spacial score (nSPS) is 12.0. The largest absolute Gasteiger partial charge is 0.481 e. The molecule has 0 aliphatic rings. The van der Waals surface area contributed by atoms with Crippen LogP contribution < -0.4 is 0 Å². The summed E-state index contributed by atoms with van der Waals surface area (Å²) in [7, 11) is 0. The van der Waals surface area contributed by atoms with Gasteiger partial charge in [0.05, 0.1) is 0 Å². The highest BCUT2D eigenvalue weighted by atomic mass is 16.4. The number of unbranched alkanes of at least 4 members (excludes halogenated alkanes) is 16. The van der Waals surface area contributed by atoms with Gasteiger partial charge in [0, 0.05) is 12.8 Å². The number of carboxylic acids is 2. The van der Waals surface area contributed by atoms with Crippen molar-refractivity contribution >= 4 is 11.9 Å². The van der Waals surface area contributed by atoms with Crippen molar-refractivity contribution in [3.63, 3.8) is 0 Å². The van der Waals surface area contributed by atoms with Crippen LogP contribution in [-0.4, -0.2) is 22.2 Å². The summed E-state index contributed by atoms with van der Waals surface area (Å²) in [5, 5.41) is 17.0. The van der Waals surface area contributed by atoms with Crippen molar-refractivity contribution in [1.82, 2.24) is 0 Å². The lowest BCUT2D eigenvalue weighted by Gasteiger charge is -1.97. The Morgan fingerprint density at radius 3 is 0.935 bits per heavy atom. The van der Waals surface area contributed by atoms with Crippen molar-refractivity contribution in [2.24, 2.45) is 0 Å². The van der Waals surface area contributed by atoms with Crippen LogP contribution in [0.25, 0.3) is 0 Å². The molecule has 0 saturated heterocycles. The first-order chi connectivity index (χ1) is 22.5. The van der Waals surface area contributed by atoms with Crippen LogP contribution >= 0.6 is 0 Å². The van der Waals surface area contributed by atoms with Gasteiger partial charge in [-0.3, -0.25) is 9.59 Å². The quantitative estimate of drug-likeness (QED) is 0.0566. The van der Waals surface area contributed by atoms with Crippen molar-refractivity contribution in [3.05, 3.63) is 72.9 Å². The Morgan fingerprint density at radius 1 is 0.348 bits per heavy atom. The molecule has 0 aliphatic carbocycles. The fourth-order valence-electron chi connectivity index (χ4n) is 4.72. The molecule has 0 amide bonds. The smallest absolute Gasteiger partial charge is 0.303 e. The highest BCUT2D eigenvalue weighted by Crippen LogP contribution is 2.08. The molecule has 0 rings (SSSR count). The minimum Gasteiger partial charge on any atom is -0.481 e. The maximum Gasteiger partial charge on any atom is 0.303 e. The standard InChI is InChI=1S/C22H38O2.C20H34O2/c1-2-3-4-5-6-7-8-9-10-11-12-13-14-15-16-17-18-19-20-21-22(23)24;1-2-3-4-5-6-7-8-9-10-11-12-13-14-15-16-17-18-19-20(21)22/h9-10,12-13,15-16H,2-8,11,14,17-21H2,1H3,(H,23,24);6-7,9-10,12-13H,2-5,8,11,14-19H2,1H3,(H,21,22). The van der Waals surface area contributed by atoms with Crippen molar-refractivity contribution < 1.29 is 19.8 Å². The Labute approximate surface area is 284 Å². The van der Waals surface area contributed by atoms with Gasteiger partial charge in [-0.05, 0) is 89.9 Å². The third-order valence-corrected chi connectivity index (χ3v) is 7.56. The molecule has 0 unspecified atom stereocenters. The van der Waals surface area contributed by atoms with Gasteiger partial charge in [-0.1, -0.05) is 151 Å². The number of rotatable bonds is 32. The van der Waals surface area contributed by atoms with Crippen LogP contribution in [0.3, 0.4) is 0 Å². The van der Waals surface area contributed by atoms with E-state index in [2.05, 4.69) is 86.8 Å². The summed E-state index contributed by atoms with van der Waals surface area (Å²) in [6.07, 6.45) is 55.5. The summed E-state index contributed by atoms with van der Waals surface area (Å²) < 4.78 is 0. The third kappa shape index (κ3) is 48.3. The van der Waals surface area contributed by atoms with E-state index in [-0.39, 0.29) is 0 Å². The lowest BCUT2D eigenvalue weighted by Crippen LogP contribution is -1.93. The number of aliphatic carboxylic acids is 2. The van der Waals surface area contributed by atoms with E-state index in [0.717, 1.165) is 77.0 Å². The van der Waals surface area contributed by atoms with E-state index >= 15 is 0 Å². The van der Waals surface area contributed by atoms with Gasteiger partial charge in [0.15, 0.2) is 0 Å². The lowest BCUT2D eigenvalue weighted by atomic mass is 10.1. The molecule has 0 bridgehead atoms. The minimum atomic E-state index is -0.684. The average Bonchev–Trinajstić information content (AvgIpc) is 3.03. The molecule has 0 aromatic carbocycles. The van der Waals surface area contributed by atoms with Crippen LogP contribution in [-0.2, 0) is 9.59 Å². The van der Waals surface area contributed by atoms with E-state index in [0.29, 0.717) is 12.8 Å². The molecule has 264 valence electrons. The second kappa shape index (κ2) is 42.4. The molecule has 46 heavy (non-hydrogen) atoms. The zero-order valence-corrected chi connectivity index (χ0v) is 30.0. The number of carboxylic acid groups (broad SMARTS) is 2. The van der Waals surface area contributed by atoms with Gasteiger partial charge >= 0.3 is 11.9 Å². The van der Waals surface area contributed by atoms with Crippen molar-refractivity contribution in [3.8, 4) is 0 Å². The molecule has 0 saturated carbocycles. The van der Waals surface area contributed by atoms with Crippen molar-refractivity contribution in [1.29, 1.82) is 0 Å². The SMILES string of the molecule is CCCCCC=CCC=CCC=CCCCCCCC(=O)O.CCCCCCCCC=CCC=CCC=CCCCCCC(=O)O. The second-order valence-corrected chi connectivity index (χ2v) is 12.2. The predicted octanol–water partition coefficient (Wildman–Crippen LogP) is 13.7. The molecule has 0 atom stereocenters. The van der Waals surface area contributed by atoms with E-state index in [1.54, 1.807) is 0 Å². The third-order valence-electron chi connectivity index (χ3n) is 7.56. The molecular formula is C42H72O4. The topological polar surface area (TPSA) is 74.6 Å². The van der Waals surface area contributed by atoms with E-state index in [9.17, 15) is 9.59 Å². The zero-order chi connectivity index (χ0) is 34.0. The van der Waals surface area contributed by atoms with Gasteiger partial charge in [-0.15, -0.1) is 0 Å². The summed E-state index contributed by atoms with van der Waals surface area (Å²) in [5.41, 5.74) is 0. The summed E-state index contributed by atoms with van der Waals surface area (Å²) >= 11 is 0. The monoisotopic (exact) mass is 641 g/mol. The number of carbonyl (C=O) groups is 2. The first kappa shape index (κ1) is 45.5. The summed E-state index contributed by atoms with van der Waals surface area (Å²) in [5.74, 6) is -1.36. The Hall–Kier alpha value is -2.62.